The van der Waals surface area contributed by atoms with Crippen LogP contribution in [0.1, 0.15) is 55.3 Å². The molecule has 1 aliphatic rings. The molecule has 2 aromatic rings. The molecule has 0 aromatic carbocycles. The van der Waals surface area contributed by atoms with Crippen LogP contribution in [0, 0.1) is 0 Å². The van der Waals surface area contributed by atoms with Gasteiger partial charge in [0.1, 0.15) is 5.82 Å². The van der Waals surface area contributed by atoms with E-state index in [0.29, 0.717) is 6.04 Å². The molecule has 0 atom stereocenters. The summed E-state index contributed by atoms with van der Waals surface area (Å²) in [5, 5.41) is 12.3. The molecule has 0 radical (unpaired) electrons. The normalized spacial score (nSPS) is 16.0. The lowest BCUT2D eigenvalue weighted by Crippen LogP contribution is -2.16. The van der Waals surface area contributed by atoms with E-state index in [1.54, 1.807) is 18.4 Å². The van der Waals surface area contributed by atoms with Crippen molar-refractivity contribution in [3.63, 3.8) is 0 Å². The lowest BCUT2D eigenvalue weighted by molar-refractivity contribution is 0.200. The summed E-state index contributed by atoms with van der Waals surface area (Å²) in [6.45, 7) is 0.812. The molecule has 0 N–H and O–H groups in total. The van der Waals surface area contributed by atoms with Crippen molar-refractivity contribution in [3.05, 3.63) is 28.2 Å². The number of hydrogen-bond acceptors (Lipinski definition) is 5. The Bertz CT molecular complexity index is 577. The number of nitrogens with zero attached hydrogens (tertiary/aromatic N) is 3. The third-order valence-corrected chi connectivity index (χ3v) is 6.22. The topological polar surface area (TPSA) is 39.9 Å². The Kier molecular flexibility index (Phi) is 6.54. The molecule has 126 valence electrons. The molecule has 0 aliphatic heterocycles. The van der Waals surface area contributed by atoms with Crippen LogP contribution in [0.5, 0.6) is 0 Å². The SMILES string of the molecule is COCCCSc1nnc(Cc2cccs2)n1C1CCCCC1. The molecule has 0 unspecified atom stereocenters. The lowest BCUT2D eigenvalue weighted by atomic mass is 9.95. The van der Waals surface area contributed by atoms with Crippen molar-refractivity contribution < 1.29 is 4.74 Å². The Morgan fingerprint density at radius 1 is 1.30 bits per heavy atom. The molecule has 3 rings (SSSR count). The average Bonchev–Trinajstić information content (AvgIpc) is 3.23. The van der Waals surface area contributed by atoms with Crippen LogP contribution in [0.3, 0.4) is 0 Å². The highest BCUT2D eigenvalue weighted by Crippen LogP contribution is 2.33. The van der Waals surface area contributed by atoms with E-state index in [2.05, 4.69) is 32.3 Å². The van der Waals surface area contributed by atoms with Crippen LogP contribution in [0.4, 0.5) is 0 Å². The molecule has 4 nitrogen and oxygen atoms in total. The standard InChI is InChI=1S/C17H25N3OS2/c1-21-10-6-12-23-17-19-18-16(13-15-9-5-11-22-15)20(17)14-7-3-2-4-8-14/h5,9,11,14H,2-4,6-8,10,12-13H2,1H3. The summed E-state index contributed by atoms with van der Waals surface area (Å²) in [6, 6.07) is 4.89. The van der Waals surface area contributed by atoms with Crippen LogP contribution in [-0.4, -0.2) is 34.2 Å². The molecule has 1 saturated carbocycles. The van der Waals surface area contributed by atoms with Crippen LogP contribution in [0.15, 0.2) is 22.7 Å². The van der Waals surface area contributed by atoms with Crippen LogP contribution < -0.4 is 0 Å². The molecule has 0 amide bonds. The van der Waals surface area contributed by atoms with Crippen LogP contribution in [0.25, 0.3) is 0 Å². The fourth-order valence-electron chi connectivity index (χ4n) is 3.17. The van der Waals surface area contributed by atoms with Gasteiger partial charge in [-0.05, 0) is 30.7 Å². The fraction of sp³-hybridized carbons (Fsp3) is 0.647. The smallest absolute Gasteiger partial charge is 0.191 e. The van der Waals surface area contributed by atoms with Gasteiger partial charge in [-0.25, -0.2) is 0 Å². The number of ether oxygens (including phenoxy) is 1. The fourth-order valence-corrected chi connectivity index (χ4v) is 4.81. The molecular weight excluding hydrogens is 326 g/mol. The minimum absolute atomic E-state index is 0.582. The maximum Gasteiger partial charge on any atom is 0.191 e. The van der Waals surface area contributed by atoms with Gasteiger partial charge in [0, 0.05) is 36.8 Å². The number of rotatable bonds is 8. The monoisotopic (exact) mass is 351 g/mol. The van der Waals surface area contributed by atoms with Gasteiger partial charge in [-0.2, -0.15) is 0 Å². The van der Waals surface area contributed by atoms with Crippen molar-refractivity contribution in [2.24, 2.45) is 0 Å². The largest absolute Gasteiger partial charge is 0.385 e. The van der Waals surface area contributed by atoms with Crippen molar-refractivity contribution in [3.8, 4) is 0 Å². The number of thiophene rings is 1. The van der Waals surface area contributed by atoms with E-state index in [1.807, 2.05) is 11.8 Å². The van der Waals surface area contributed by atoms with E-state index < -0.39 is 0 Å². The van der Waals surface area contributed by atoms with Gasteiger partial charge in [-0.15, -0.1) is 21.5 Å². The molecule has 1 fully saturated rings. The Labute approximate surface area is 146 Å². The number of thioether (sulfide) groups is 1. The second-order valence-electron chi connectivity index (χ2n) is 6.01. The number of methoxy groups -OCH3 is 1. The van der Waals surface area contributed by atoms with Gasteiger partial charge in [0.15, 0.2) is 5.16 Å². The summed E-state index contributed by atoms with van der Waals surface area (Å²) in [4.78, 5) is 1.37. The summed E-state index contributed by atoms with van der Waals surface area (Å²) in [5.41, 5.74) is 0. The van der Waals surface area contributed by atoms with E-state index >= 15 is 0 Å². The summed E-state index contributed by atoms with van der Waals surface area (Å²) in [6.07, 6.45) is 8.51. The predicted octanol–water partition coefficient (Wildman–Crippen LogP) is 4.56. The van der Waals surface area contributed by atoms with Crippen molar-refractivity contribution in [2.75, 3.05) is 19.5 Å². The zero-order valence-electron chi connectivity index (χ0n) is 13.7. The van der Waals surface area contributed by atoms with Gasteiger partial charge in [-0.1, -0.05) is 37.1 Å². The number of hydrogen-bond donors (Lipinski definition) is 0. The van der Waals surface area contributed by atoms with Crippen molar-refractivity contribution in [2.45, 2.75) is 56.1 Å². The molecule has 1 aliphatic carbocycles. The third-order valence-electron chi connectivity index (χ3n) is 4.31. The average molecular weight is 352 g/mol. The highest BCUT2D eigenvalue weighted by Gasteiger charge is 2.23. The first kappa shape index (κ1) is 17.0. The lowest BCUT2D eigenvalue weighted by Gasteiger charge is -2.25. The molecule has 2 aromatic heterocycles. The van der Waals surface area contributed by atoms with Crippen molar-refractivity contribution >= 4 is 23.1 Å². The molecule has 6 heteroatoms. The second-order valence-corrected chi connectivity index (χ2v) is 8.11. The van der Waals surface area contributed by atoms with E-state index in [1.165, 1.54) is 37.0 Å². The maximum atomic E-state index is 5.15. The number of aromatic nitrogens is 3. The quantitative estimate of drug-likeness (QED) is 0.516. The van der Waals surface area contributed by atoms with Crippen LogP contribution >= 0.6 is 23.1 Å². The Morgan fingerprint density at radius 2 is 2.17 bits per heavy atom. The molecular formula is C17H25N3OS2. The first-order valence-corrected chi connectivity index (χ1v) is 10.3. The molecule has 2 heterocycles. The van der Waals surface area contributed by atoms with Crippen LogP contribution in [0.2, 0.25) is 0 Å². The van der Waals surface area contributed by atoms with Crippen LogP contribution in [-0.2, 0) is 11.2 Å². The Morgan fingerprint density at radius 3 is 2.91 bits per heavy atom. The minimum atomic E-state index is 0.582. The summed E-state index contributed by atoms with van der Waals surface area (Å²) in [7, 11) is 1.76. The highest BCUT2D eigenvalue weighted by atomic mass is 32.2. The third kappa shape index (κ3) is 4.58. The maximum absolute atomic E-state index is 5.15. The van der Waals surface area contributed by atoms with E-state index in [-0.39, 0.29) is 0 Å². The van der Waals surface area contributed by atoms with Gasteiger partial charge in [0.05, 0.1) is 0 Å². The van der Waals surface area contributed by atoms with E-state index in [9.17, 15) is 0 Å². The molecule has 23 heavy (non-hydrogen) atoms. The van der Waals surface area contributed by atoms with E-state index in [0.717, 1.165) is 36.2 Å². The first-order valence-electron chi connectivity index (χ1n) is 8.46. The van der Waals surface area contributed by atoms with Gasteiger partial charge < -0.3 is 9.30 Å². The molecule has 0 bridgehead atoms. The minimum Gasteiger partial charge on any atom is -0.385 e. The second kappa shape index (κ2) is 8.85. The Balaban J connectivity index is 1.76. The predicted molar refractivity (Wildman–Crippen MR) is 96.5 cm³/mol. The zero-order chi connectivity index (χ0) is 15.9. The van der Waals surface area contributed by atoms with Gasteiger partial charge >= 0.3 is 0 Å². The van der Waals surface area contributed by atoms with E-state index in [4.69, 9.17) is 4.74 Å². The first-order chi connectivity index (χ1) is 11.4. The Hall–Kier alpha value is -0.850. The summed E-state index contributed by atoms with van der Waals surface area (Å²) >= 11 is 3.63. The van der Waals surface area contributed by atoms with Gasteiger partial charge in [0.2, 0.25) is 0 Å². The highest BCUT2D eigenvalue weighted by molar-refractivity contribution is 7.99. The van der Waals surface area contributed by atoms with Crippen molar-refractivity contribution in [1.29, 1.82) is 0 Å². The van der Waals surface area contributed by atoms with Crippen molar-refractivity contribution in [1.82, 2.24) is 14.8 Å². The zero-order valence-corrected chi connectivity index (χ0v) is 15.4. The van der Waals surface area contributed by atoms with Gasteiger partial charge in [0.25, 0.3) is 0 Å². The van der Waals surface area contributed by atoms with Gasteiger partial charge in [-0.3, -0.25) is 0 Å². The summed E-state index contributed by atoms with van der Waals surface area (Å²) in [5.74, 6) is 2.17. The summed E-state index contributed by atoms with van der Waals surface area (Å²) < 4.78 is 7.59. The molecule has 0 spiro atoms. The molecule has 0 saturated heterocycles.